The first-order valence-electron chi connectivity index (χ1n) is 7.08. The first-order valence-corrected chi connectivity index (χ1v) is 7.08. The third-order valence-electron chi connectivity index (χ3n) is 3.50. The Hall–Kier alpha value is -2.96. The Balaban J connectivity index is 1.99. The van der Waals surface area contributed by atoms with Gasteiger partial charge in [-0.05, 0) is 37.1 Å². The minimum atomic E-state index is -0.900. The molecule has 0 atom stereocenters. The Morgan fingerprint density at radius 2 is 2.09 bits per heavy atom. The lowest BCUT2D eigenvalue weighted by atomic mass is 10.2. The molecule has 0 aliphatic heterocycles. The number of pyridine rings is 1. The van der Waals surface area contributed by atoms with Crippen LogP contribution in [0.25, 0.3) is 11.3 Å². The molecular weight excluding hydrogens is 300 g/mol. The van der Waals surface area contributed by atoms with Gasteiger partial charge < -0.3 is 9.15 Å². The molecule has 0 N–H and O–H groups in total. The van der Waals surface area contributed by atoms with Crippen molar-refractivity contribution in [3.8, 4) is 11.3 Å². The quantitative estimate of drug-likeness (QED) is 0.863. The lowest BCUT2D eigenvalue weighted by Crippen LogP contribution is -2.40. The highest BCUT2D eigenvalue weighted by Crippen LogP contribution is 2.32. The Morgan fingerprint density at radius 1 is 1.30 bits per heavy atom. The molecule has 1 aliphatic carbocycles. The van der Waals surface area contributed by atoms with E-state index in [-0.39, 0.29) is 11.6 Å². The number of nitrogens with zero attached hydrogens (tertiary/aromatic N) is 2. The van der Waals surface area contributed by atoms with E-state index in [1.807, 2.05) is 0 Å². The number of ether oxygens (including phenoxy) is 1. The Kier molecular flexibility index (Phi) is 3.92. The predicted molar refractivity (Wildman–Crippen MR) is 80.8 cm³/mol. The van der Waals surface area contributed by atoms with Gasteiger partial charge in [0.1, 0.15) is 11.4 Å². The van der Waals surface area contributed by atoms with E-state index in [0.29, 0.717) is 24.2 Å². The molecule has 0 aromatic carbocycles. The number of amides is 2. The monoisotopic (exact) mass is 314 g/mol. The molecule has 7 nitrogen and oxygen atoms in total. The van der Waals surface area contributed by atoms with Crippen molar-refractivity contribution in [2.45, 2.75) is 12.8 Å². The van der Waals surface area contributed by atoms with E-state index >= 15 is 0 Å². The van der Waals surface area contributed by atoms with Gasteiger partial charge in [-0.1, -0.05) is 0 Å². The number of carbonyl (C=O) groups excluding carboxylic acids is 2. The number of hydrogen-bond acceptors (Lipinski definition) is 6. The molecule has 1 fully saturated rings. The summed E-state index contributed by atoms with van der Waals surface area (Å²) in [6, 6.07) is 6.34. The molecular formula is C16H14N2O5. The molecule has 1 aliphatic rings. The van der Waals surface area contributed by atoms with Crippen LogP contribution in [-0.2, 0) is 9.53 Å². The molecule has 118 valence electrons. The number of imide groups is 1. The van der Waals surface area contributed by atoms with Crippen LogP contribution in [0.1, 0.15) is 12.8 Å². The average molecular weight is 314 g/mol. The second-order valence-corrected chi connectivity index (χ2v) is 5.13. The molecule has 0 spiro atoms. The van der Waals surface area contributed by atoms with Crippen LogP contribution in [0.4, 0.5) is 10.5 Å². The Labute approximate surface area is 131 Å². The Morgan fingerprint density at radius 3 is 2.65 bits per heavy atom. The fourth-order valence-corrected chi connectivity index (χ4v) is 2.15. The van der Waals surface area contributed by atoms with Gasteiger partial charge in [0.25, 0.3) is 0 Å². The highest BCUT2D eigenvalue weighted by atomic mass is 16.5. The van der Waals surface area contributed by atoms with Crippen molar-refractivity contribution in [3.05, 3.63) is 47.1 Å². The molecule has 2 amide bonds. The van der Waals surface area contributed by atoms with Gasteiger partial charge in [0.15, 0.2) is 0 Å². The summed E-state index contributed by atoms with van der Waals surface area (Å²) < 4.78 is 9.83. The normalized spacial score (nSPS) is 13.4. The smallest absolute Gasteiger partial charge is 0.421 e. The van der Waals surface area contributed by atoms with Crippen LogP contribution in [0, 0.1) is 5.92 Å². The third kappa shape index (κ3) is 2.98. The second-order valence-electron chi connectivity index (χ2n) is 5.13. The molecule has 23 heavy (non-hydrogen) atoms. The third-order valence-corrected chi connectivity index (χ3v) is 3.50. The summed E-state index contributed by atoms with van der Waals surface area (Å²) in [6.45, 7) is 0. The van der Waals surface area contributed by atoms with Crippen molar-refractivity contribution >= 4 is 17.7 Å². The summed E-state index contributed by atoms with van der Waals surface area (Å²) in [5.41, 5.74) is -0.318. The summed E-state index contributed by atoms with van der Waals surface area (Å²) >= 11 is 0. The lowest BCUT2D eigenvalue weighted by Gasteiger charge is -2.18. The van der Waals surface area contributed by atoms with Gasteiger partial charge in [-0.2, -0.15) is 0 Å². The number of hydrogen-bond donors (Lipinski definition) is 0. The van der Waals surface area contributed by atoms with E-state index in [9.17, 15) is 14.4 Å². The number of methoxy groups -OCH3 is 1. The number of aromatic nitrogens is 1. The van der Waals surface area contributed by atoms with Crippen molar-refractivity contribution in [1.82, 2.24) is 4.98 Å². The Bertz CT molecular complexity index is 796. The molecule has 1 saturated carbocycles. The summed E-state index contributed by atoms with van der Waals surface area (Å²) in [6.07, 6.45) is 3.65. The molecule has 2 heterocycles. The molecule has 3 rings (SSSR count). The number of anilines is 1. The molecule has 0 unspecified atom stereocenters. The topological polar surface area (TPSA) is 89.7 Å². The maximum Gasteiger partial charge on any atom is 0.421 e. The maximum absolute atomic E-state index is 12.2. The van der Waals surface area contributed by atoms with E-state index < -0.39 is 17.6 Å². The number of rotatable bonds is 3. The zero-order chi connectivity index (χ0) is 16.4. The van der Waals surface area contributed by atoms with Crippen LogP contribution >= 0.6 is 0 Å². The average Bonchev–Trinajstić information content (AvgIpc) is 3.42. The minimum absolute atomic E-state index is 0.151. The fraction of sp³-hybridized carbons (Fsp3) is 0.250. The fourth-order valence-electron chi connectivity index (χ4n) is 2.15. The highest BCUT2D eigenvalue weighted by molar-refractivity contribution is 6.13. The van der Waals surface area contributed by atoms with Gasteiger partial charge >= 0.3 is 11.7 Å². The highest BCUT2D eigenvalue weighted by Gasteiger charge is 2.38. The van der Waals surface area contributed by atoms with Gasteiger partial charge in [0.2, 0.25) is 5.91 Å². The van der Waals surface area contributed by atoms with E-state index in [4.69, 9.17) is 4.42 Å². The first-order chi connectivity index (χ1) is 11.1. The van der Waals surface area contributed by atoms with E-state index in [1.54, 1.807) is 24.5 Å². The van der Waals surface area contributed by atoms with Crippen molar-refractivity contribution in [2.24, 2.45) is 5.92 Å². The van der Waals surface area contributed by atoms with E-state index in [1.165, 1.54) is 12.1 Å². The van der Waals surface area contributed by atoms with E-state index in [0.717, 1.165) is 12.0 Å². The largest absolute Gasteiger partial charge is 0.452 e. The van der Waals surface area contributed by atoms with Crippen LogP contribution < -0.4 is 10.5 Å². The van der Waals surface area contributed by atoms with Crippen LogP contribution in [-0.4, -0.2) is 24.1 Å². The van der Waals surface area contributed by atoms with Gasteiger partial charge in [0.05, 0.1) is 7.11 Å². The summed E-state index contributed by atoms with van der Waals surface area (Å²) in [7, 11) is 1.15. The van der Waals surface area contributed by atoms with Crippen molar-refractivity contribution < 1.29 is 18.7 Å². The van der Waals surface area contributed by atoms with Crippen molar-refractivity contribution in [2.75, 3.05) is 12.0 Å². The molecule has 2 aromatic rings. The second kappa shape index (κ2) is 6.04. The molecule has 0 radical (unpaired) electrons. The summed E-state index contributed by atoms with van der Waals surface area (Å²) in [4.78, 5) is 41.1. The molecule has 7 heteroatoms. The number of carbonyl (C=O) groups is 2. The van der Waals surface area contributed by atoms with Gasteiger partial charge in [-0.25, -0.2) is 14.5 Å². The zero-order valence-electron chi connectivity index (χ0n) is 12.4. The summed E-state index contributed by atoms with van der Waals surface area (Å²) in [5, 5.41) is 0. The molecule has 0 saturated heterocycles. The van der Waals surface area contributed by atoms with Crippen LogP contribution in [0.3, 0.4) is 0 Å². The van der Waals surface area contributed by atoms with Crippen molar-refractivity contribution in [1.29, 1.82) is 0 Å². The molecule has 0 bridgehead atoms. The summed E-state index contributed by atoms with van der Waals surface area (Å²) in [5.74, 6) is -0.389. The van der Waals surface area contributed by atoms with E-state index in [2.05, 4.69) is 9.72 Å². The molecule has 2 aromatic heterocycles. The SMILES string of the molecule is COC(=O)N(C(=O)C1CC1)c1ccc(-c2cccnc2)oc1=O. The first kappa shape index (κ1) is 15.0. The predicted octanol–water partition coefficient (Wildman–Crippen LogP) is 2.21. The van der Waals surface area contributed by atoms with Crippen LogP contribution in [0.2, 0.25) is 0 Å². The zero-order valence-corrected chi connectivity index (χ0v) is 12.4. The van der Waals surface area contributed by atoms with Gasteiger partial charge in [-0.15, -0.1) is 0 Å². The standard InChI is InChI=1S/C16H14N2O5/c1-22-16(21)18(14(19)10-4-5-10)12-6-7-13(23-15(12)20)11-3-2-8-17-9-11/h2-3,6-10H,4-5H2,1H3. The van der Waals surface area contributed by atoms with Gasteiger partial charge in [0, 0.05) is 23.9 Å². The maximum atomic E-state index is 12.2. The van der Waals surface area contributed by atoms with Crippen LogP contribution in [0.5, 0.6) is 0 Å². The van der Waals surface area contributed by atoms with Crippen molar-refractivity contribution in [3.63, 3.8) is 0 Å². The van der Waals surface area contributed by atoms with Crippen LogP contribution in [0.15, 0.2) is 45.9 Å². The minimum Gasteiger partial charge on any atom is -0.452 e. The van der Waals surface area contributed by atoms with Gasteiger partial charge in [-0.3, -0.25) is 9.78 Å². The lowest BCUT2D eigenvalue weighted by molar-refractivity contribution is -0.119.